The molecule has 0 spiro atoms. The Balaban J connectivity index is 2.38. The predicted octanol–water partition coefficient (Wildman–Crippen LogP) is 0.455. The largest absolute Gasteiger partial charge is 0.480 e. The molecule has 0 saturated carbocycles. The van der Waals surface area contributed by atoms with Crippen molar-refractivity contribution < 1.29 is 9.90 Å². The number of aryl methyl sites for hydroxylation is 1. The maximum atomic E-state index is 10.6. The summed E-state index contributed by atoms with van der Waals surface area (Å²) in [5, 5.41) is 12.7. The third kappa shape index (κ3) is 0.824. The van der Waals surface area contributed by atoms with Crippen molar-refractivity contribution in [3.63, 3.8) is 0 Å². The zero-order valence-electron chi connectivity index (χ0n) is 5.90. The highest BCUT2D eigenvalue weighted by molar-refractivity contribution is 5.72. The van der Waals surface area contributed by atoms with Crippen molar-refractivity contribution in [2.45, 2.75) is 18.9 Å². The fraction of sp³-hybridized carbons (Fsp3) is 0.429. The Hall–Kier alpha value is -1.32. The number of carboxylic acids is 1. The molecular formula is C7H8N2O2. The minimum atomic E-state index is -0.785. The number of carbonyl (C=O) groups is 1. The summed E-state index contributed by atoms with van der Waals surface area (Å²) in [6.07, 6.45) is 3.15. The first-order valence-electron chi connectivity index (χ1n) is 3.54. The standard InChI is InChI=1S/C7H8N2O2/c10-7(11)6-2-1-5-3-4-8-9(5)6/h3-4,6H,1-2H2,(H,10,11). The van der Waals surface area contributed by atoms with Gasteiger partial charge in [-0.25, -0.2) is 4.79 Å². The molecule has 2 rings (SSSR count). The lowest BCUT2D eigenvalue weighted by atomic mass is 10.2. The van der Waals surface area contributed by atoms with E-state index in [-0.39, 0.29) is 0 Å². The van der Waals surface area contributed by atoms with Gasteiger partial charge in [-0.15, -0.1) is 0 Å². The lowest BCUT2D eigenvalue weighted by molar-refractivity contribution is -0.140. The number of carboxylic acid groups (broad SMARTS) is 1. The van der Waals surface area contributed by atoms with Crippen molar-refractivity contribution in [1.82, 2.24) is 9.78 Å². The number of rotatable bonds is 1. The minimum Gasteiger partial charge on any atom is -0.480 e. The normalized spacial score (nSPS) is 21.6. The smallest absolute Gasteiger partial charge is 0.328 e. The van der Waals surface area contributed by atoms with Crippen LogP contribution in [0.3, 0.4) is 0 Å². The molecule has 1 atom stereocenters. The maximum Gasteiger partial charge on any atom is 0.328 e. The van der Waals surface area contributed by atoms with Crippen LogP contribution >= 0.6 is 0 Å². The third-order valence-corrected chi connectivity index (χ3v) is 2.01. The fourth-order valence-corrected chi connectivity index (χ4v) is 1.46. The second kappa shape index (κ2) is 2.08. The summed E-state index contributed by atoms with van der Waals surface area (Å²) in [6.45, 7) is 0. The first kappa shape index (κ1) is 6.39. The number of aliphatic carboxylic acids is 1. The van der Waals surface area contributed by atoms with Crippen LogP contribution in [0.15, 0.2) is 12.3 Å². The molecule has 0 radical (unpaired) electrons. The van der Waals surface area contributed by atoms with Crippen molar-refractivity contribution >= 4 is 5.97 Å². The van der Waals surface area contributed by atoms with Crippen molar-refractivity contribution in [3.05, 3.63) is 18.0 Å². The van der Waals surface area contributed by atoms with Gasteiger partial charge in [-0.1, -0.05) is 0 Å². The van der Waals surface area contributed by atoms with E-state index in [2.05, 4.69) is 5.10 Å². The molecule has 0 bridgehead atoms. The molecule has 0 amide bonds. The summed E-state index contributed by atoms with van der Waals surface area (Å²) in [5.41, 5.74) is 1.03. The highest BCUT2D eigenvalue weighted by Gasteiger charge is 2.27. The Morgan fingerprint density at radius 2 is 2.64 bits per heavy atom. The van der Waals surface area contributed by atoms with Gasteiger partial charge in [-0.05, 0) is 18.9 Å². The Morgan fingerprint density at radius 3 is 3.36 bits per heavy atom. The number of hydrogen-bond donors (Lipinski definition) is 1. The van der Waals surface area contributed by atoms with E-state index < -0.39 is 12.0 Å². The van der Waals surface area contributed by atoms with E-state index in [0.29, 0.717) is 6.42 Å². The molecule has 0 aliphatic carbocycles. The minimum absolute atomic E-state index is 0.431. The third-order valence-electron chi connectivity index (χ3n) is 2.01. The van der Waals surface area contributed by atoms with Gasteiger partial charge in [0.05, 0.1) is 0 Å². The van der Waals surface area contributed by atoms with E-state index in [9.17, 15) is 4.79 Å². The molecular weight excluding hydrogens is 144 g/mol. The van der Waals surface area contributed by atoms with Gasteiger partial charge in [0.2, 0.25) is 0 Å². The van der Waals surface area contributed by atoms with Crippen molar-refractivity contribution in [2.75, 3.05) is 0 Å². The predicted molar refractivity (Wildman–Crippen MR) is 37.2 cm³/mol. The highest BCUT2D eigenvalue weighted by Crippen LogP contribution is 2.23. The van der Waals surface area contributed by atoms with Crippen LogP contribution in [0.1, 0.15) is 18.2 Å². The fourth-order valence-electron chi connectivity index (χ4n) is 1.46. The van der Waals surface area contributed by atoms with Gasteiger partial charge in [0, 0.05) is 11.9 Å². The summed E-state index contributed by atoms with van der Waals surface area (Å²) >= 11 is 0. The molecule has 0 aromatic carbocycles. The Bertz CT molecular complexity index is 292. The van der Waals surface area contributed by atoms with E-state index in [1.54, 1.807) is 10.9 Å². The van der Waals surface area contributed by atoms with Crippen LogP contribution in [0.2, 0.25) is 0 Å². The quantitative estimate of drug-likeness (QED) is 0.635. The zero-order valence-corrected chi connectivity index (χ0v) is 5.90. The molecule has 0 fully saturated rings. The van der Waals surface area contributed by atoms with Gasteiger partial charge >= 0.3 is 5.97 Å². The second-order valence-corrected chi connectivity index (χ2v) is 2.66. The zero-order chi connectivity index (χ0) is 7.84. The van der Waals surface area contributed by atoms with E-state index in [0.717, 1.165) is 12.1 Å². The Kier molecular flexibility index (Phi) is 1.21. The molecule has 1 N–H and O–H groups in total. The number of aromatic nitrogens is 2. The average Bonchev–Trinajstić information content (AvgIpc) is 2.41. The molecule has 4 heteroatoms. The van der Waals surface area contributed by atoms with Gasteiger partial charge in [-0.2, -0.15) is 5.10 Å². The SMILES string of the molecule is O=C(O)C1CCc2ccnn21. The maximum absolute atomic E-state index is 10.6. The molecule has 1 aliphatic rings. The van der Waals surface area contributed by atoms with Gasteiger partial charge in [0.15, 0.2) is 0 Å². The van der Waals surface area contributed by atoms with Gasteiger partial charge in [0.25, 0.3) is 0 Å². The number of nitrogens with zero attached hydrogens (tertiary/aromatic N) is 2. The molecule has 1 aromatic heterocycles. The first-order valence-corrected chi connectivity index (χ1v) is 3.54. The Labute approximate surface area is 63.4 Å². The highest BCUT2D eigenvalue weighted by atomic mass is 16.4. The summed E-state index contributed by atoms with van der Waals surface area (Å²) in [7, 11) is 0. The number of fused-ring (bicyclic) bond motifs is 1. The lowest BCUT2D eigenvalue weighted by Crippen LogP contribution is -2.15. The van der Waals surface area contributed by atoms with Crippen LogP contribution in [0.25, 0.3) is 0 Å². The van der Waals surface area contributed by atoms with Gasteiger partial charge in [-0.3, -0.25) is 4.68 Å². The van der Waals surface area contributed by atoms with Gasteiger partial charge in [0.1, 0.15) is 6.04 Å². The summed E-state index contributed by atoms with van der Waals surface area (Å²) in [5.74, 6) is -0.785. The van der Waals surface area contributed by atoms with Crippen LogP contribution in [0.5, 0.6) is 0 Å². The van der Waals surface area contributed by atoms with E-state index in [1.807, 2.05) is 6.07 Å². The van der Waals surface area contributed by atoms with Crippen molar-refractivity contribution in [1.29, 1.82) is 0 Å². The average molecular weight is 152 g/mol. The van der Waals surface area contributed by atoms with Gasteiger partial charge < -0.3 is 5.11 Å². The van der Waals surface area contributed by atoms with Crippen LogP contribution < -0.4 is 0 Å². The van der Waals surface area contributed by atoms with E-state index in [1.165, 1.54) is 0 Å². The van der Waals surface area contributed by atoms with Crippen LogP contribution in [-0.2, 0) is 11.2 Å². The molecule has 1 unspecified atom stereocenters. The van der Waals surface area contributed by atoms with Crippen LogP contribution in [0, 0.1) is 0 Å². The van der Waals surface area contributed by atoms with Crippen molar-refractivity contribution in [3.8, 4) is 0 Å². The van der Waals surface area contributed by atoms with E-state index >= 15 is 0 Å². The molecule has 1 aromatic rings. The monoisotopic (exact) mass is 152 g/mol. The molecule has 58 valence electrons. The molecule has 2 heterocycles. The molecule has 0 saturated heterocycles. The lowest BCUT2D eigenvalue weighted by Gasteiger charge is -2.03. The summed E-state index contributed by atoms with van der Waals surface area (Å²) in [4.78, 5) is 10.6. The molecule has 11 heavy (non-hydrogen) atoms. The van der Waals surface area contributed by atoms with Crippen LogP contribution in [0.4, 0.5) is 0 Å². The topological polar surface area (TPSA) is 55.1 Å². The van der Waals surface area contributed by atoms with Crippen LogP contribution in [-0.4, -0.2) is 20.9 Å². The molecule has 1 aliphatic heterocycles. The second-order valence-electron chi connectivity index (χ2n) is 2.66. The summed E-state index contributed by atoms with van der Waals surface area (Å²) < 4.78 is 1.59. The van der Waals surface area contributed by atoms with E-state index in [4.69, 9.17) is 5.11 Å². The Morgan fingerprint density at radius 1 is 1.82 bits per heavy atom. The molecule has 4 nitrogen and oxygen atoms in total. The summed E-state index contributed by atoms with van der Waals surface area (Å²) in [6, 6.07) is 1.43. The first-order chi connectivity index (χ1) is 5.29. The van der Waals surface area contributed by atoms with Crippen molar-refractivity contribution in [2.24, 2.45) is 0 Å². The number of hydrogen-bond acceptors (Lipinski definition) is 2.